The van der Waals surface area contributed by atoms with Crippen molar-refractivity contribution in [2.75, 3.05) is 46.9 Å². The highest BCUT2D eigenvalue weighted by molar-refractivity contribution is 5.91. The number of carbonyl (C=O) groups excluding carboxylic acids is 1. The van der Waals surface area contributed by atoms with Gasteiger partial charge in [0.05, 0.1) is 19.9 Å². The highest BCUT2D eigenvalue weighted by Gasteiger charge is 2.17. The summed E-state index contributed by atoms with van der Waals surface area (Å²) < 4.78 is 26.8. The molecule has 1 atom stereocenters. The van der Waals surface area contributed by atoms with Crippen molar-refractivity contribution < 1.29 is 28.5 Å². The zero-order valence-electron chi connectivity index (χ0n) is 21.7. The first-order valence-corrected chi connectivity index (χ1v) is 12.1. The molecular formula is C27H40N2O6. The summed E-state index contributed by atoms with van der Waals surface area (Å²) in [6, 6.07) is 12.8. The Balaban J connectivity index is 2.09. The molecule has 0 aliphatic carbocycles. The Hall–Kier alpha value is -2.97. The zero-order chi connectivity index (χ0) is 25.5. The number of amides is 2. The molecule has 0 radical (unpaired) electrons. The average molecular weight is 489 g/mol. The van der Waals surface area contributed by atoms with Crippen LogP contribution in [0.1, 0.15) is 44.6 Å². The first-order valence-electron chi connectivity index (χ1n) is 12.1. The largest absolute Gasteiger partial charge is 0.497 e. The minimum Gasteiger partial charge on any atom is -0.497 e. The van der Waals surface area contributed by atoms with E-state index in [-0.39, 0.29) is 6.03 Å². The number of urea groups is 1. The average Bonchev–Trinajstić information content (AvgIpc) is 2.88. The highest BCUT2D eigenvalue weighted by Crippen LogP contribution is 2.29. The summed E-state index contributed by atoms with van der Waals surface area (Å²) in [6.07, 6.45) is 5.13. The smallest absolute Gasteiger partial charge is 0.322 e. The fraction of sp³-hybridized carbons (Fsp3) is 0.519. The van der Waals surface area contributed by atoms with Crippen molar-refractivity contribution in [1.82, 2.24) is 4.90 Å². The molecule has 0 saturated heterocycles. The number of rotatable bonds is 16. The van der Waals surface area contributed by atoms with Gasteiger partial charge in [-0.25, -0.2) is 4.79 Å². The lowest BCUT2D eigenvalue weighted by molar-refractivity contribution is -0.0931. The molecule has 8 heteroatoms. The summed E-state index contributed by atoms with van der Waals surface area (Å²) in [7, 11) is 6.34. The van der Waals surface area contributed by atoms with E-state index in [1.165, 1.54) is 19.3 Å². The molecule has 0 aliphatic rings. The lowest BCUT2D eigenvalue weighted by Crippen LogP contribution is -2.35. The molecule has 2 aromatic carbocycles. The van der Waals surface area contributed by atoms with Gasteiger partial charge in [0.15, 0.2) is 0 Å². The Labute approximate surface area is 209 Å². The Morgan fingerprint density at radius 3 is 2.26 bits per heavy atom. The molecule has 0 saturated carbocycles. The maximum absolute atomic E-state index is 13.3. The topological polar surface area (TPSA) is 78.5 Å². The van der Waals surface area contributed by atoms with E-state index < -0.39 is 6.29 Å². The second kappa shape index (κ2) is 15.8. The quantitative estimate of drug-likeness (QED) is 0.241. The van der Waals surface area contributed by atoms with Crippen LogP contribution in [0.15, 0.2) is 42.5 Å². The highest BCUT2D eigenvalue weighted by atomic mass is 16.7. The summed E-state index contributed by atoms with van der Waals surface area (Å²) in [5, 5.41) is 3.00. The van der Waals surface area contributed by atoms with E-state index in [1.807, 2.05) is 29.2 Å². The van der Waals surface area contributed by atoms with Crippen LogP contribution in [-0.4, -0.2) is 58.8 Å². The Morgan fingerprint density at radius 2 is 1.63 bits per heavy atom. The maximum atomic E-state index is 13.3. The maximum Gasteiger partial charge on any atom is 0.322 e. The van der Waals surface area contributed by atoms with Crippen LogP contribution >= 0.6 is 0 Å². The molecule has 0 bridgehead atoms. The number of nitrogens with zero attached hydrogens (tertiary/aromatic N) is 1. The summed E-state index contributed by atoms with van der Waals surface area (Å²) in [5.74, 6) is 1.89. The van der Waals surface area contributed by atoms with E-state index in [0.29, 0.717) is 42.6 Å². The molecule has 1 N–H and O–H groups in total. The third-order valence-corrected chi connectivity index (χ3v) is 5.60. The number of carbonyl (C=O) groups is 1. The van der Waals surface area contributed by atoms with E-state index in [1.54, 1.807) is 46.6 Å². The van der Waals surface area contributed by atoms with E-state index in [0.717, 1.165) is 18.4 Å². The summed E-state index contributed by atoms with van der Waals surface area (Å²) in [5.41, 5.74) is 1.60. The third-order valence-electron chi connectivity index (χ3n) is 5.60. The molecular weight excluding hydrogens is 448 g/mol. The van der Waals surface area contributed by atoms with Gasteiger partial charge in [-0.05, 0) is 36.2 Å². The first kappa shape index (κ1) is 28.3. The lowest BCUT2D eigenvalue weighted by Gasteiger charge is -2.24. The normalized spacial score (nSPS) is 11.6. The minimum atomic E-state index is -0.476. The number of unbranched alkanes of at least 4 members (excludes halogenated alkanes) is 4. The van der Waals surface area contributed by atoms with Crippen molar-refractivity contribution in [3.63, 3.8) is 0 Å². The number of hydrogen-bond donors (Lipinski definition) is 1. The van der Waals surface area contributed by atoms with Crippen molar-refractivity contribution in [3.05, 3.63) is 48.0 Å². The zero-order valence-corrected chi connectivity index (χ0v) is 21.7. The standard InChI is InChI=1S/C27H40N2O6/c1-6-7-8-9-10-17-29(27(30)28-24-16-15-23(32-3)18-25(24)33-4)19-21-11-13-22(14-12-21)35-26(34-5)20-31-2/h11-16,18,26H,6-10,17,19-20H2,1-5H3,(H,28,30). The van der Waals surface area contributed by atoms with Crippen LogP contribution in [-0.2, 0) is 16.0 Å². The molecule has 0 fully saturated rings. The Bertz CT molecular complexity index is 874. The third kappa shape index (κ3) is 9.66. The van der Waals surface area contributed by atoms with Crippen molar-refractivity contribution >= 4 is 11.7 Å². The predicted molar refractivity (Wildman–Crippen MR) is 137 cm³/mol. The van der Waals surface area contributed by atoms with Crippen LogP contribution in [0.3, 0.4) is 0 Å². The van der Waals surface area contributed by atoms with Gasteiger partial charge < -0.3 is 33.9 Å². The van der Waals surface area contributed by atoms with Gasteiger partial charge in [0.1, 0.15) is 23.9 Å². The minimum absolute atomic E-state index is 0.177. The SMILES string of the molecule is CCCCCCCN(Cc1ccc(OC(COC)OC)cc1)C(=O)Nc1ccc(OC)cc1OC. The second-order valence-electron chi connectivity index (χ2n) is 8.21. The van der Waals surface area contributed by atoms with Crippen LogP contribution in [0.5, 0.6) is 17.2 Å². The monoisotopic (exact) mass is 488 g/mol. The number of ether oxygens (including phenoxy) is 5. The van der Waals surface area contributed by atoms with Gasteiger partial charge in [-0.3, -0.25) is 0 Å². The first-order chi connectivity index (χ1) is 17.0. The van der Waals surface area contributed by atoms with Gasteiger partial charge in [-0.1, -0.05) is 44.7 Å². The second-order valence-corrected chi connectivity index (χ2v) is 8.21. The molecule has 35 heavy (non-hydrogen) atoms. The lowest BCUT2D eigenvalue weighted by atomic mass is 10.1. The Kier molecular flexibility index (Phi) is 12.8. The van der Waals surface area contributed by atoms with Gasteiger partial charge >= 0.3 is 6.03 Å². The summed E-state index contributed by atoms with van der Waals surface area (Å²) >= 11 is 0. The van der Waals surface area contributed by atoms with Crippen molar-refractivity contribution in [3.8, 4) is 17.2 Å². The van der Waals surface area contributed by atoms with Gasteiger partial charge in [0.2, 0.25) is 6.29 Å². The fourth-order valence-electron chi connectivity index (χ4n) is 3.59. The molecule has 0 aliphatic heterocycles. The van der Waals surface area contributed by atoms with Crippen LogP contribution in [0, 0.1) is 0 Å². The van der Waals surface area contributed by atoms with Crippen LogP contribution < -0.4 is 19.5 Å². The van der Waals surface area contributed by atoms with Crippen molar-refractivity contribution in [2.45, 2.75) is 51.9 Å². The number of hydrogen-bond acceptors (Lipinski definition) is 6. The van der Waals surface area contributed by atoms with Crippen molar-refractivity contribution in [1.29, 1.82) is 0 Å². The number of benzene rings is 2. The molecule has 2 amide bonds. The van der Waals surface area contributed by atoms with E-state index in [9.17, 15) is 4.79 Å². The number of methoxy groups -OCH3 is 4. The number of anilines is 1. The molecule has 194 valence electrons. The predicted octanol–water partition coefficient (Wildman–Crippen LogP) is 5.71. The van der Waals surface area contributed by atoms with Crippen LogP contribution in [0.4, 0.5) is 10.5 Å². The Morgan fingerprint density at radius 1 is 0.914 bits per heavy atom. The summed E-state index contributed by atoms with van der Waals surface area (Å²) in [4.78, 5) is 15.1. The van der Waals surface area contributed by atoms with E-state index in [4.69, 9.17) is 23.7 Å². The van der Waals surface area contributed by atoms with Gasteiger partial charge in [-0.2, -0.15) is 0 Å². The van der Waals surface area contributed by atoms with E-state index in [2.05, 4.69) is 12.2 Å². The van der Waals surface area contributed by atoms with Gasteiger partial charge in [-0.15, -0.1) is 0 Å². The number of nitrogens with one attached hydrogen (secondary N) is 1. The van der Waals surface area contributed by atoms with Crippen LogP contribution in [0.2, 0.25) is 0 Å². The molecule has 0 aromatic heterocycles. The molecule has 8 nitrogen and oxygen atoms in total. The van der Waals surface area contributed by atoms with Crippen molar-refractivity contribution in [2.24, 2.45) is 0 Å². The molecule has 0 heterocycles. The molecule has 1 unspecified atom stereocenters. The molecule has 0 spiro atoms. The summed E-state index contributed by atoms with van der Waals surface area (Å²) in [6.45, 7) is 3.66. The fourth-order valence-corrected chi connectivity index (χ4v) is 3.59. The molecule has 2 aromatic rings. The van der Waals surface area contributed by atoms with Crippen LogP contribution in [0.25, 0.3) is 0 Å². The van der Waals surface area contributed by atoms with Gasteiger partial charge in [0, 0.05) is 33.4 Å². The van der Waals surface area contributed by atoms with E-state index >= 15 is 0 Å². The van der Waals surface area contributed by atoms with Gasteiger partial charge in [0.25, 0.3) is 0 Å². The molecule has 2 rings (SSSR count).